The first-order valence-corrected chi connectivity index (χ1v) is 4.83. The summed E-state index contributed by atoms with van der Waals surface area (Å²) >= 11 is 0. The Morgan fingerprint density at radius 1 is 1.46 bits per heavy atom. The smallest absolute Gasteiger partial charge is 0.407 e. The van der Waals surface area contributed by atoms with E-state index in [0.29, 0.717) is 12.5 Å². The molecule has 76 valence electrons. The minimum Gasteiger partial charge on any atom is -0.465 e. The van der Waals surface area contributed by atoms with Crippen LogP contribution in [0.4, 0.5) is 4.79 Å². The summed E-state index contributed by atoms with van der Waals surface area (Å²) in [5.41, 5.74) is 0.0499. The molecule has 2 unspecified atom stereocenters. The summed E-state index contributed by atoms with van der Waals surface area (Å²) in [5, 5.41) is 8.99. The average Bonchev–Trinajstić information content (AvgIpc) is 2.28. The van der Waals surface area contributed by atoms with Crippen molar-refractivity contribution < 1.29 is 9.90 Å². The van der Waals surface area contributed by atoms with Crippen molar-refractivity contribution >= 4 is 6.09 Å². The molecule has 0 aliphatic carbocycles. The van der Waals surface area contributed by atoms with Gasteiger partial charge in [-0.2, -0.15) is 0 Å². The molecule has 13 heavy (non-hydrogen) atoms. The monoisotopic (exact) mass is 185 g/mol. The molecule has 1 amide bonds. The quantitative estimate of drug-likeness (QED) is 0.629. The number of hydrogen-bond donors (Lipinski definition) is 1. The highest BCUT2D eigenvalue weighted by Gasteiger charge is 2.41. The van der Waals surface area contributed by atoms with Gasteiger partial charge in [-0.3, -0.25) is 0 Å². The van der Waals surface area contributed by atoms with Gasteiger partial charge in [0.2, 0.25) is 0 Å². The van der Waals surface area contributed by atoms with Crippen LogP contribution in [0, 0.1) is 11.3 Å². The number of carboxylic acid groups (broad SMARTS) is 1. The number of hydrogen-bond acceptors (Lipinski definition) is 1. The fourth-order valence-corrected chi connectivity index (χ4v) is 2.48. The molecular weight excluding hydrogens is 166 g/mol. The largest absolute Gasteiger partial charge is 0.465 e. The van der Waals surface area contributed by atoms with Crippen LogP contribution in [0.5, 0.6) is 0 Å². The van der Waals surface area contributed by atoms with Crippen LogP contribution >= 0.6 is 0 Å². The van der Waals surface area contributed by atoms with E-state index in [4.69, 9.17) is 5.11 Å². The molecular formula is C10H19NO2. The van der Waals surface area contributed by atoms with Crippen LogP contribution in [0.25, 0.3) is 0 Å². The molecule has 1 rings (SSSR count). The first-order valence-electron chi connectivity index (χ1n) is 4.83. The van der Waals surface area contributed by atoms with Gasteiger partial charge in [-0.05, 0) is 17.8 Å². The maximum atomic E-state index is 10.9. The fraction of sp³-hybridized carbons (Fsp3) is 0.900. The van der Waals surface area contributed by atoms with Crippen molar-refractivity contribution in [1.82, 2.24) is 4.90 Å². The zero-order chi connectivity index (χ0) is 10.2. The van der Waals surface area contributed by atoms with Gasteiger partial charge in [-0.25, -0.2) is 4.79 Å². The van der Waals surface area contributed by atoms with Gasteiger partial charge in [0.25, 0.3) is 0 Å². The van der Waals surface area contributed by atoms with E-state index in [2.05, 4.69) is 27.7 Å². The van der Waals surface area contributed by atoms with Crippen molar-refractivity contribution in [3.63, 3.8) is 0 Å². The minimum absolute atomic E-state index is 0.0499. The number of amides is 1. The molecule has 0 saturated carbocycles. The van der Waals surface area contributed by atoms with Crippen LogP contribution < -0.4 is 0 Å². The standard InChI is InChI=1S/C10H19NO2/c1-7-5-6-11(9(12)13)8(7)10(2,3)4/h7-8H,5-6H2,1-4H3,(H,12,13). The third-order valence-corrected chi connectivity index (χ3v) is 2.83. The summed E-state index contributed by atoms with van der Waals surface area (Å²) in [7, 11) is 0. The molecule has 0 spiro atoms. The van der Waals surface area contributed by atoms with E-state index in [1.54, 1.807) is 4.90 Å². The van der Waals surface area contributed by atoms with E-state index in [9.17, 15) is 4.79 Å². The number of likely N-dealkylation sites (tertiary alicyclic amines) is 1. The third-order valence-electron chi connectivity index (χ3n) is 2.83. The Labute approximate surface area is 79.7 Å². The van der Waals surface area contributed by atoms with Gasteiger partial charge in [0.1, 0.15) is 0 Å². The lowest BCUT2D eigenvalue weighted by molar-refractivity contribution is 0.0939. The molecule has 1 saturated heterocycles. The molecule has 0 bridgehead atoms. The van der Waals surface area contributed by atoms with Crippen LogP contribution in [-0.4, -0.2) is 28.7 Å². The predicted octanol–water partition coefficient (Wildman–Crippen LogP) is 2.42. The molecule has 0 aromatic rings. The van der Waals surface area contributed by atoms with E-state index < -0.39 is 6.09 Å². The van der Waals surface area contributed by atoms with Gasteiger partial charge in [0, 0.05) is 12.6 Å². The third kappa shape index (κ3) is 1.95. The van der Waals surface area contributed by atoms with Crippen molar-refractivity contribution in [2.75, 3.05) is 6.54 Å². The van der Waals surface area contributed by atoms with E-state index in [-0.39, 0.29) is 11.5 Å². The SMILES string of the molecule is CC1CCN(C(=O)O)C1C(C)(C)C. The van der Waals surface area contributed by atoms with Gasteiger partial charge in [0.15, 0.2) is 0 Å². The highest BCUT2D eigenvalue weighted by molar-refractivity contribution is 5.66. The second-order valence-corrected chi connectivity index (χ2v) is 5.05. The van der Waals surface area contributed by atoms with Gasteiger partial charge in [-0.1, -0.05) is 27.7 Å². The van der Waals surface area contributed by atoms with Crippen LogP contribution in [0.15, 0.2) is 0 Å². The van der Waals surface area contributed by atoms with E-state index >= 15 is 0 Å². The highest BCUT2D eigenvalue weighted by atomic mass is 16.4. The summed E-state index contributed by atoms with van der Waals surface area (Å²) < 4.78 is 0. The zero-order valence-electron chi connectivity index (χ0n) is 8.87. The predicted molar refractivity (Wildman–Crippen MR) is 51.8 cm³/mol. The van der Waals surface area contributed by atoms with E-state index in [0.717, 1.165) is 6.42 Å². The lowest BCUT2D eigenvalue weighted by atomic mass is 9.80. The van der Waals surface area contributed by atoms with Crippen molar-refractivity contribution in [2.45, 2.75) is 40.2 Å². The van der Waals surface area contributed by atoms with Gasteiger partial charge < -0.3 is 10.0 Å². The van der Waals surface area contributed by atoms with Gasteiger partial charge in [0.05, 0.1) is 0 Å². The molecule has 1 aliphatic heterocycles. The normalized spacial score (nSPS) is 29.4. The Morgan fingerprint density at radius 3 is 2.31 bits per heavy atom. The Kier molecular flexibility index (Phi) is 2.55. The highest BCUT2D eigenvalue weighted by Crippen LogP contribution is 2.36. The van der Waals surface area contributed by atoms with E-state index in [1.165, 1.54) is 0 Å². The van der Waals surface area contributed by atoms with Crippen LogP contribution in [0.1, 0.15) is 34.1 Å². The Hall–Kier alpha value is -0.730. The van der Waals surface area contributed by atoms with Crippen molar-refractivity contribution in [2.24, 2.45) is 11.3 Å². The molecule has 3 nitrogen and oxygen atoms in total. The minimum atomic E-state index is -0.774. The number of rotatable bonds is 0. The van der Waals surface area contributed by atoms with Crippen LogP contribution in [0.3, 0.4) is 0 Å². The molecule has 0 aromatic carbocycles. The van der Waals surface area contributed by atoms with E-state index in [1.807, 2.05) is 0 Å². The summed E-state index contributed by atoms with van der Waals surface area (Å²) in [6.07, 6.45) is 0.220. The number of carbonyl (C=O) groups is 1. The Balaban J connectivity index is 2.83. The van der Waals surface area contributed by atoms with Crippen molar-refractivity contribution in [1.29, 1.82) is 0 Å². The second-order valence-electron chi connectivity index (χ2n) is 5.05. The Bertz CT molecular complexity index is 207. The first-order chi connectivity index (χ1) is 5.84. The fourth-order valence-electron chi connectivity index (χ4n) is 2.48. The maximum absolute atomic E-state index is 10.9. The molecule has 1 fully saturated rings. The topological polar surface area (TPSA) is 40.5 Å². The summed E-state index contributed by atoms with van der Waals surface area (Å²) in [6, 6.07) is 0.171. The molecule has 3 heteroatoms. The van der Waals surface area contributed by atoms with Crippen molar-refractivity contribution in [3.05, 3.63) is 0 Å². The molecule has 1 aliphatic rings. The van der Waals surface area contributed by atoms with Crippen LogP contribution in [-0.2, 0) is 0 Å². The van der Waals surface area contributed by atoms with Gasteiger partial charge in [-0.15, -0.1) is 0 Å². The molecule has 1 N–H and O–H groups in total. The first kappa shape index (κ1) is 10.4. The van der Waals surface area contributed by atoms with Crippen molar-refractivity contribution in [3.8, 4) is 0 Å². The summed E-state index contributed by atoms with van der Waals surface area (Å²) in [6.45, 7) is 9.15. The summed E-state index contributed by atoms with van der Waals surface area (Å²) in [5.74, 6) is 0.483. The molecule has 2 atom stereocenters. The maximum Gasteiger partial charge on any atom is 0.407 e. The van der Waals surface area contributed by atoms with Crippen LogP contribution in [0.2, 0.25) is 0 Å². The van der Waals surface area contributed by atoms with Gasteiger partial charge >= 0.3 is 6.09 Å². The molecule has 1 heterocycles. The lowest BCUT2D eigenvalue weighted by Gasteiger charge is -2.35. The number of nitrogens with zero attached hydrogens (tertiary/aromatic N) is 1. The zero-order valence-corrected chi connectivity index (χ0v) is 8.87. The second kappa shape index (κ2) is 3.20. The molecule has 0 radical (unpaired) electrons. The Morgan fingerprint density at radius 2 is 2.00 bits per heavy atom. The lowest BCUT2D eigenvalue weighted by Crippen LogP contribution is -2.44. The molecule has 0 aromatic heterocycles. The summed E-state index contributed by atoms with van der Waals surface area (Å²) in [4.78, 5) is 12.5. The average molecular weight is 185 g/mol.